The van der Waals surface area contributed by atoms with Crippen LogP contribution in [0.25, 0.3) is 5.69 Å². The van der Waals surface area contributed by atoms with Crippen molar-refractivity contribution in [3.8, 4) is 5.69 Å². The van der Waals surface area contributed by atoms with Crippen LogP contribution >= 0.6 is 11.8 Å². The van der Waals surface area contributed by atoms with Gasteiger partial charge in [0.15, 0.2) is 5.16 Å². The Labute approximate surface area is 123 Å². The highest BCUT2D eigenvalue weighted by Gasteiger charge is 2.21. The molecule has 0 saturated carbocycles. The molecule has 20 heavy (non-hydrogen) atoms. The van der Waals surface area contributed by atoms with E-state index in [9.17, 15) is 4.79 Å². The second-order valence-corrected chi connectivity index (χ2v) is 6.10. The maximum Gasteiger partial charge on any atom is 0.173 e. The van der Waals surface area contributed by atoms with Crippen molar-refractivity contribution >= 4 is 17.5 Å². The van der Waals surface area contributed by atoms with Crippen molar-refractivity contribution in [2.24, 2.45) is 0 Å². The SMILES string of the molecule is CC(=O)CSc1nc2c(n1-c1ccccc1)CCCC2. The molecular weight excluding hydrogens is 268 g/mol. The van der Waals surface area contributed by atoms with Crippen molar-refractivity contribution in [2.75, 3.05) is 5.75 Å². The van der Waals surface area contributed by atoms with E-state index in [-0.39, 0.29) is 5.78 Å². The second-order valence-electron chi connectivity index (χ2n) is 5.16. The number of para-hydroxylation sites is 1. The summed E-state index contributed by atoms with van der Waals surface area (Å²) in [6, 6.07) is 10.3. The normalized spacial score (nSPS) is 14.1. The Morgan fingerprint density at radius 2 is 2.00 bits per heavy atom. The van der Waals surface area contributed by atoms with Gasteiger partial charge in [0.25, 0.3) is 0 Å². The van der Waals surface area contributed by atoms with Gasteiger partial charge in [-0.3, -0.25) is 9.36 Å². The lowest BCUT2D eigenvalue weighted by Gasteiger charge is -2.15. The molecule has 1 aromatic carbocycles. The van der Waals surface area contributed by atoms with Crippen molar-refractivity contribution < 1.29 is 4.79 Å². The number of benzene rings is 1. The van der Waals surface area contributed by atoms with Gasteiger partial charge in [-0.15, -0.1) is 0 Å². The van der Waals surface area contributed by atoms with Crippen LogP contribution in [0.4, 0.5) is 0 Å². The number of thioether (sulfide) groups is 1. The number of ketones is 1. The van der Waals surface area contributed by atoms with E-state index in [0.29, 0.717) is 5.75 Å². The van der Waals surface area contributed by atoms with Gasteiger partial charge in [-0.05, 0) is 44.7 Å². The van der Waals surface area contributed by atoms with Gasteiger partial charge in [0.2, 0.25) is 0 Å². The summed E-state index contributed by atoms with van der Waals surface area (Å²) in [6.07, 6.45) is 4.58. The molecule has 1 heterocycles. The van der Waals surface area contributed by atoms with Crippen LogP contribution in [0.1, 0.15) is 31.2 Å². The van der Waals surface area contributed by atoms with Gasteiger partial charge in [-0.25, -0.2) is 4.98 Å². The molecule has 0 bridgehead atoms. The Kier molecular flexibility index (Phi) is 3.92. The highest BCUT2D eigenvalue weighted by Crippen LogP contribution is 2.30. The number of carbonyl (C=O) groups is 1. The lowest BCUT2D eigenvalue weighted by molar-refractivity contribution is -0.114. The number of carbonyl (C=O) groups excluding carboxylic acids is 1. The van der Waals surface area contributed by atoms with Crippen LogP contribution < -0.4 is 0 Å². The molecule has 0 N–H and O–H groups in total. The van der Waals surface area contributed by atoms with Gasteiger partial charge in [0.1, 0.15) is 5.78 Å². The number of aromatic nitrogens is 2. The maximum absolute atomic E-state index is 11.3. The summed E-state index contributed by atoms with van der Waals surface area (Å²) in [4.78, 5) is 16.0. The number of nitrogens with zero attached hydrogens (tertiary/aromatic N) is 2. The highest BCUT2D eigenvalue weighted by molar-refractivity contribution is 7.99. The van der Waals surface area contributed by atoms with Gasteiger partial charge in [0, 0.05) is 11.4 Å². The molecule has 0 fully saturated rings. The summed E-state index contributed by atoms with van der Waals surface area (Å²) in [5.41, 5.74) is 3.69. The number of hydrogen-bond donors (Lipinski definition) is 0. The number of fused-ring (bicyclic) bond motifs is 1. The van der Waals surface area contributed by atoms with E-state index in [1.807, 2.05) is 18.2 Å². The van der Waals surface area contributed by atoms with Gasteiger partial charge in [-0.1, -0.05) is 30.0 Å². The first-order valence-corrected chi connectivity index (χ1v) is 8.02. The molecule has 4 heteroatoms. The Morgan fingerprint density at radius 1 is 1.25 bits per heavy atom. The van der Waals surface area contributed by atoms with E-state index < -0.39 is 0 Å². The van der Waals surface area contributed by atoms with E-state index in [1.165, 1.54) is 24.2 Å². The van der Waals surface area contributed by atoms with Crippen molar-refractivity contribution in [2.45, 2.75) is 37.8 Å². The molecule has 2 aromatic rings. The van der Waals surface area contributed by atoms with E-state index in [1.54, 1.807) is 18.7 Å². The quantitative estimate of drug-likeness (QED) is 0.808. The van der Waals surface area contributed by atoms with E-state index >= 15 is 0 Å². The van der Waals surface area contributed by atoms with Crippen LogP contribution in [0.5, 0.6) is 0 Å². The smallest absolute Gasteiger partial charge is 0.173 e. The van der Waals surface area contributed by atoms with Crippen LogP contribution in [0.3, 0.4) is 0 Å². The van der Waals surface area contributed by atoms with Gasteiger partial charge in [0.05, 0.1) is 11.4 Å². The minimum absolute atomic E-state index is 0.190. The largest absolute Gasteiger partial charge is 0.299 e. The van der Waals surface area contributed by atoms with Crippen molar-refractivity contribution in [3.05, 3.63) is 41.7 Å². The average molecular weight is 286 g/mol. The minimum atomic E-state index is 0.190. The maximum atomic E-state index is 11.3. The fraction of sp³-hybridized carbons (Fsp3) is 0.375. The summed E-state index contributed by atoms with van der Waals surface area (Å²) in [6.45, 7) is 1.63. The zero-order valence-electron chi connectivity index (χ0n) is 11.6. The van der Waals surface area contributed by atoms with Crippen LogP contribution in [0.2, 0.25) is 0 Å². The third-order valence-electron chi connectivity index (χ3n) is 3.52. The second kappa shape index (κ2) is 5.83. The van der Waals surface area contributed by atoms with Crippen LogP contribution in [0, 0.1) is 0 Å². The number of imidazole rings is 1. The molecule has 104 valence electrons. The number of aryl methyl sites for hydroxylation is 1. The first-order chi connectivity index (χ1) is 9.75. The Balaban J connectivity index is 2.04. The molecular formula is C16H18N2OS. The van der Waals surface area contributed by atoms with Crippen LogP contribution in [-0.2, 0) is 17.6 Å². The molecule has 0 atom stereocenters. The minimum Gasteiger partial charge on any atom is -0.299 e. The number of Topliss-reactive ketones (excluding diaryl/α,β-unsaturated/α-hetero) is 1. The third kappa shape index (κ3) is 2.66. The summed E-state index contributed by atoms with van der Waals surface area (Å²) >= 11 is 1.55. The molecule has 3 nitrogen and oxygen atoms in total. The average Bonchev–Trinajstić information content (AvgIpc) is 2.84. The molecule has 0 aliphatic heterocycles. The lowest BCUT2D eigenvalue weighted by Crippen LogP contribution is -2.07. The Bertz CT molecular complexity index is 619. The monoisotopic (exact) mass is 286 g/mol. The number of rotatable bonds is 4. The Morgan fingerprint density at radius 3 is 2.75 bits per heavy atom. The van der Waals surface area contributed by atoms with Crippen molar-refractivity contribution in [1.29, 1.82) is 0 Å². The molecule has 0 unspecified atom stereocenters. The highest BCUT2D eigenvalue weighted by atomic mass is 32.2. The summed E-state index contributed by atoms with van der Waals surface area (Å²) in [5.74, 6) is 0.679. The Hall–Kier alpha value is -1.55. The summed E-state index contributed by atoms with van der Waals surface area (Å²) in [7, 11) is 0. The fourth-order valence-corrected chi connectivity index (χ4v) is 3.47. The molecule has 0 amide bonds. The molecule has 1 aliphatic rings. The van der Waals surface area contributed by atoms with Crippen molar-refractivity contribution in [1.82, 2.24) is 9.55 Å². The first kappa shape index (κ1) is 13.4. The summed E-state index contributed by atoms with van der Waals surface area (Å²) < 4.78 is 2.24. The third-order valence-corrected chi connectivity index (χ3v) is 4.60. The van der Waals surface area contributed by atoms with Gasteiger partial charge in [-0.2, -0.15) is 0 Å². The summed E-state index contributed by atoms with van der Waals surface area (Å²) in [5, 5.41) is 0.957. The fourth-order valence-electron chi connectivity index (χ4n) is 2.62. The predicted octanol–water partition coefficient (Wildman–Crippen LogP) is 3.43. The van der Waals surface area contributed by atoms with Crippen LogP contribution in [-0.4, -0.2) is 21.1 Å². The van der Waals surface area contributed by atoms with Gasteiger partial charge >= 0.3 is 0 Å². The zero-order valence-corrected chi connectivity index (χ0v) is 12.4. The molecule has 1 aliphatic carbocycles. The van der Waals surface area contributed by atoms with E-state index in [4.69, 9.17) is 4.98 Å². The topological polar surface area (TPSA) is 34.9 Å². The first-order valence-electron chi connectivity index (χ1n) is 7.04. The zero-order chi connectivity index (χ0) is 13.9. The molecule has 0 spiro atoms. The number of hydrogen-bond acceptors (Lipinski definition) is 3. The standard InChI is InChI=1S/C16H18N2OS/c1-12(19)11-20-16-17-14-9-5-6-10-15(14)18(16)13-7-3-2-4-8-13/h2-4,7-8H,5-6,9-11H2,1H3. The van der Waals surface area contributed by atoms with Crippen LogP contribution in [0.15, 0.2) is 35.5 Å². The molecule has 0 saturated heterocycles. The molecule has 3 rings (SSSR count). The lowest BCUT2D eigenvalue weighted by atomic mass is 10.0. The van der Waals surface area contributed by atoms with E-state index in [0.717, 1.165) is 23.7 Å². The molecule has 0 radical (unpaired) electrons. The van der Waals surface area contributed by atoms with Crippen molar-refractivity contribution in [3.63, 3.8) is 0 Å². The molecule has 1 aromatic heterocycles. The predicted molar refractivity (Wildman–Crippen MR) is 81.6 cm³/mol. The van der Waals surface area contributed by atoms with Gasteiger partial charge < -0.3 is 0 Å². The van der Waals surface area contributed by atoms with E-state index in [2.05, 4.69) is 16.7 Å².